The molecule has 1 N–H and O–H groups in total. The molecule has 1 atom stereocenters. The Bertz CT molecular complexity index is 635. The van der Waals surface area contributed by atoms with Gasteiger partial charge in [0, 0.05) is 48.8 Å². The average molecular weight is 433 g/mol. The number of nitrogens with zero attached hydrogens (tertiary/aromatic N) is 2. The summed E-state index contributed by atoms with van der Waals surface area (Å²) in [5, 5.41) is 9.70. The summed E-state index contributed by atoms with van der Waals surface area (Å²) in [6, 6.07) is 4.64. The van der Waals surface area contributed by atoms with Crippen molar-refractivity contribution < 1.29 is 23.4 Å². The molecule has 1 unspecified atom stereocenters. The van der Waals surface area contributed by atoms with E-state index in [-0.39, 0.29) is 17.8 Å². The van der Waals surface area contributed by atoms with Crippen molar-refractivity contribution >= 4 is 27.9 Å². The fraction of sp³-hybridized carbons (Fsp3) is 0.500. The third kappa shape index (κ3) is 6.34. The maximum atomic E-state index is 12.5. The van der Waals surface area contributed by atoms with Crippen molar-refractivity contribution in [2.75, 3.05) is 32.7 Å². The summed E-state index contributed by atoms with van der Waals surface area (Å²) in [5.74, 6) is -0.158. The van der Waals surface area contributed by atoms with E-state index in [2.05, 4.69) is 25.6 Å². The van der Waals surface area contributed by atoms with Gasteiger partial charge in [-0.25, -0.2) is 0 Å². The van der Waals surface area contributed by atoms with E-state index in [9.17, 15) is 18.7 Å². The fourth-order valence-electron chi connectivity index (χ4n) is 2.70. The zero-order valence-electron chi connectivity index (χ0n) is 14.6. The van der Waals surface area contributed by atoms with Gasteiger partial charge < -0.3 is 14.7 Å². The number of halogens is 3. The van der Waals surface area contributed by atoms with Crippen LogP contribution in [-0.4, -0.2) is 66.3 Å². The largest absolute Gasteiger partial charge is 0.434 e. The second-order valence-electron chi connectivity index (χ2n) is 6.08. The molecular weight excluding hydrogens is 410 g/mol. The summed E-state index contributed by atoms with van der Waals surface area (Å²) in [6.45, 7) is 2.16. The lowest BCUT2D eigenvalue weighted by Crippen LogP contribution is -2.50. The summed E-state index contributed by atoms with van der Waals surface area (Å²) < 4.78 is 30.2. The SMILES string of the molecule is CCC(O)CN1CCN(C(=O)/C=C/c2cc(Br)ccc2OC(F)F)CC1. The second-order valence-corrected chi connectivity index (χ2v) is 7.00. The Balaban J connectivity index is 1.95. The smallest absolute Gasteiger partial charge is 0.387 e. The molecule has 1 amide bonds. The second kappa shape index (κ2) is 9.99. The van der Waals surface area contributed by atoms with Crippen LogP contribution in [0, 0.1) is 0 Å². The van der Waals surface area contributed by atoms with E-state index in [1.807, 2.05) is 6.92 Å². The van der Waals surface area contributed by atoms with E-state index in [4.69, 9.17) is 0 Å². The average Bonchev–Trinajstić information content (AvgIpc) is 2.61. The quantitative estimate of drug-likeness (QED) is 0.672. The van der Waals surface area contributed by atoms with Crippen LogP contribution in [0.5, 0.6) is 5.75 Å². The monoisotopic (exact) mass is 432 g/mol. The molecule has 1 aromatic carbocycles. The Morgan fingerprint density at radius 3 is 2.65 bits per heavy atom. The Morgan fingerprint density at radius 2 is 2.04 bits per heavy atom. The van der Waals surface area contributed by atoms with Crippen LogP contribution < -0.4 is 4.74 Å². The lowest BCUT2D eigenvalue weighted by atomic mass is 10.2. The number of carbonyl (C=O) groups excluding carboxylic acids is 1. The van der Waals surface area contributed by atoms with E-state index in [1.165, 1.54) is 18.2 Å². The van der Waals surface area contributed by atoms with E-state index >= 15 is 0 Å². The zero-order chi connectivity index (χ0) is 19.1. The van der Waals surface area contributed by atoms with E-state index in [0.717, 1.165) is 0 Å². The topological polar surface area (TPSA) is 53.0 Å². The molecule has 0 saturated carbocycles. The standard InChI is InChI=1S/C18H23BrF2N2O3/c1-2-15(24)12-22-7-9-23(10-8-22)17(25)6-3-13-11-14(19)4-5-16(13)26-18(20)21/h3-6,11,15,18,24H,2,7-10,12H2,1H3/b6-3+. The van der Waals surface area contributed by atoms with Crippen molar-refractivity contribution in [2.45, 2.75) is 26.1 Å². The number of β-amino-alcohol motifs (C(OH)–C–C–N with tert-alkyl or cyclic N) is 1. The first kappa shape index (κ1) is 20.8. The van der Waals surface area contributed by atoms with Crippen molar-refractivity contribution in [3.05, 3.63) is 34.3 Å². The minimum absolute atomic E-state index is 0.0191. The lowest BCUT2D eigenvalue weighted by molar-refractivity contribution is -0.127. The van der Waals surface area contributed by atoms with Crippen molar-refractivity contribution in [3.63, 3.8) is 0 Å². The summed E-state index contributed by atoms with van der Waals surface area (Å²) >= 11 is 3.28. The van der Waals surface area contributed by atoms with Gasteiger partial charge in [0.1, 0.15) is 5.75 Å². The molecule has 1 fully saturated rings. The zero-order valence-corrected chi connectivity index (χ0v) is 16.2. The molecule has 0 radical (unpaired) electrons. The highest BCUT2D eigenvalue weighted by molar-refractivity contribution is 9.10. The molecule has 8 heteroatoms. The molecule has 0 bridgehead atoms. The highest BCUT2D eigenvalue weighted by Gasteiger charge is 2.21. The molecule has 1 aromatic rings. The van der Waals surface area contributed by atoms with Crippen molar-refractivity contribution in [1.29, 1.82) is 0 Å². The Kier molecular flexibility index (Phi) is 7.99. The van der Waals surface area contributed by atoms with Gasteiger partial charge in [-0.3, -0.25) is 9.69 Å². The third-order valence-electron chi connectivity index (χ3n) is 4.22. The molecule has 0 aliphatic carbocycles. The van der Waals surface area contributed by atoms with Crippen LogP contribution in [0.4, 0.5) is 8.78 Å². The molecule has 1 aliphatic heterocycles. The first-order valence-electron chi connectivity index (χ1n) is 8.50. The number of carbonyl (C=O) groups is 1. The highest BCUT2D eigenvalue weighted by Crippen LogP contribution is 2.26. The molecule has 1 saturated heterocycles. The third-order valence-corrected chi connectivity index (χ3v) is 4.71. The number of hydrogen-bond acceptors (Lipinski definition) is 4. The van der Waals surface area contributed by atoms with Gasteiger partial charge in [0.15, 0.2) is 0 Å². The summed E-state index contributed by atoms with van der Waals surface area (Å²) in [7, 11) is 0. The lowest BCUT2D eigenvalue weighted by Gasteiger charge is -2.35. The number of aliphatic hydroxyl groups is 1. The Hall–Kier alpha value is -1.51. The van der Waals surface area contributed by atoms with E-state index in [0.29, 0.717) is 49.2 Å². The minimum atomic E-state index is -2.93. The number of benzene rings is 1. The number of ether oxygens (including phenoxy) is 1. The summed E-state index contributed by atoms with van der Waals surface area (Å²) in [6.07, 6.45) is 3.22. The first-order valence-corrected chi connectivity index (χ1v) is 9.30. The van der Waals surface area contributed by atoms with Gasteiger partial charge in [0.05, 0.1) is 6.10 Å². The van der Waals surface area contributed by atoms with Crippen LogP contribution >= 0.6 is 15.9 Å². The van der Waals surface area contributed by atoms with Crippen LogP contribution in [0.2, 0.25) is 0 Å². The summed E-state index contributed by atoms with van der Waals surface area (Å²) in [5.41, 5.74) is 0.401. The maximum absolute atomic E-state index is 12.5. The van der Waals surface area contributed by atoms with E-state index < -0.39 is 6.61 Å². The van der Waals surface area contributed by atoms with Crippen LogP contribution in [0.25, 0.3) is 6.08 Å². The van der Waals surface area contributed by atoms with Gasteiger partial charge in [-0.05, 0) is 30.7 Å². The number of aliphatic hydroxyl groups excluding tert-OH is 1. The van der Waals surface area contributed by atoms with Gasteiger partial charge >= 0.3 is 6.61 Å². The molecule has 26 heavy (non-hydrogen) atoms. The van der Waals surface area contributed by atoms with Crippen LogP contribution in [-0.2, 0) is 4.79 Å². The fourth-order valence-corrected chi connectivity index (χ4v) is 3.08. The molecule has 5 nitrogen and oxygen atoms in total. The van der Waals surface area contributed by atoms with Gasteiger partial charge in [-0.2, -0.15) is 8.78 Å². The molecule has 144 valence electrons. The number of alkyl halides is 2. The molecular formula is C18H23BrF2N2O3. The van der Waals surface area contributed by atoms with Crippen molar-refractivity contribution in [1.82, 2.24) is 9.80 Å². The van der Waals surface area contributed by atoms with Crippen LogP contribution in [0.15, 0.2) is 28.7 Å². The first-order chi connectivity index (χ1) is 12.4. The van der Waals surface area contributed by atoms with Gasteiger partial charge in [0.2, 0.25) is 5.91 Å². The Labute approximate surface area is 160 Å². The molecule has 0 aromatic heterocycles. The van der Waals surface area contributed by atoms with E-state index in [1.54, 1.807) is 17.0 Å². The van der Waals surface area contributed by atoms with Crippen LogP contribution in [0.3, 0.4) is 0 Å². The molecule has 0 spiro atoms. The minimum Gasteiger partial charge on any atom is -0.434 e. The van der Waals surface area contributed by atoms with Gasteiger partial charge in [-0.15, -0.1) is 0 Å². The number of hydrogen-bond donors (Lipinski definition) is 1. The molecule has 1 aliphatic rings. The van der Waals surface area contributed by atoms with Gasteiger partial charge in [-0.1, -0.05) is 22.9 Å². The Morgan fingerprint density at radius 1 is 1.35 bits per heavy atom. The summed E-state index contributed by atoms with van der Waals surface area (Å²) in [4.78, 5) is 16.2. The van der Waals surface area contributed by atoms with Crippen LogP contribution in [0.1, 0.15) is 18.9 Å². The van der Waals surface area contributed by atoms with Crippen molar-refractivity contribution in [2.24, 2.45) is 0 Å². The maximum Gasteiger partial charge on any atom is 0.387 e. The number of rotatable bonds is 7. The molecule has 1 heterocycles. The number of piperazine rings is 1. The normalized spacial score (nSPS) is 17.1. The number of amides is 1. The predicted octanol–water partition coefficient (Wildman–Crippen LogP) is 2.98. The highest BCUT2D eigenvalue weighted by atomic mass is 79.9. The van der Waals surface area contributed by atoms with Gasteiger partial charge in [0.25, 0.3) is 0 Å². The predicted molar refractivity (Wildman–Crippen MR) is 99.1 cm³/mol. The molecule has 2 rings (SSSR count). The van der Waals surface area contributed by atoms with Crippen molar-refractivity contribution in [3.8, 4) is 5.75 Å².